The highest BCUT2D eigenvalue weighted by molar-refractivity contribution is 5.87. The Morgan fingerprint density at radius 2 is 1.76 bits per heavy atom. The summed E-state index contributed by atoms with van der Waals surface area (Å²) in [5.74, 6) is -0.889. The van der Waals surface area contributed by atoms with Gasteiger partial charge in [-0.2, -0.15) is 0 Å². The molecule has 0 aliphatic heterocycles. The lowest BCUT2D eigenvalue weighted by Crippen LogP contribution is -2.32. The van der Waals surface area contributed by atoms with E-state index >= 15 is 0 Å². The van der Waals surface area contributed by atoms with E-state index in [1.54, 1.807) is 12.1 Å². The van der Waals surface area contributed by atoms with Crippen LogP contribution >= 0.6 is 0 Å². The van der Waals surface area contributed by atoms with E-state index in [0.717, 1.165) is 31.4 Å². The highest BCUT2D eigenvalue weighted by Gasteiger charge is 2.18. The molecule has 0 bridgehead atoms. The second kappa shape index (κ2) is 5.19. The van der Waals surface area contributed by atoms with E-state index < -0.39 is 5.97 Å². The first-order valence-corrected chi connectivity index (χ1v) is 6.00. The molecule has 0 heterocycles. The molecule has 0 spiro atoms. The predicted octanol–water partition coefficient (Wildman–Crippen LogP) is 2.07. The van der Waals surface area contributed by atoms with Gasteiger partial charge in [0.15, 0.2) is 0 Å². The lowest BCUT2D eigenvalue weighted by Gasteiger charge is -2.27. The molecule has 4 nitrogen and oxygen atoms in total. The summed E-state index contributed by atoms with van der Waals surface area (Å²) in [7, 11) is 0. The van der Waals surface area contributed by atoms with Gasteiger partial charge in [0.1, 0.15) is 0 Å². The van der Waals surface area contributed by atoms with E-state index in [-0.39, 0.29) is 0 Å². The van der Waals surface area contributed by atoms with E-state index in [2.05, 4.69) is 5.32 Å². The van der Waals surface area contributed by atoms with Crippen LogP contribution in [0.4, 0.5) is 5.69 Å². The van der Waals surface area contributed by atoms with Crippen LogP contribution in [-0.2, 0) is 0 Å². The standard InChI is InChI=1S/C13H18N2O2/c14-10-3-7-12(8-4-10)15-11-5-1-9(2-6-11)13(16)17/h1-2,5-6,10,12,15H,3-4,7-8,14H2,(H,16,17). The molecule has 17 heavy (non-hydrogen) atoms. The maximum absolute atomic E-state index is 10.7. The third-order valence-electron chi connectivity index (χ3n) is 3.27. The molecule has 1 aromatic rings. The van der Waals surface area contributed by atoms with Crippen molar-refractivity contribution in [2.75, 3.05) is 5.32 Å². The lowest BCUT2D eigenvalue weighted by molar-refractivity contribution is 0.0697. The number of hydrogen-bond acceptors (Lipinski definition) is 3. The Labute approximate surface area is 101 Å². The van der Waals surface area contributed by atoms with Gasteiger partial charge in [0.25, 0.3) is 0 Å². The number of anilines is 1. The Hall–Kier alpha value is -1.55. The molecule has 0 atom stereocenters. The van der Waals surface area contributed by atoms with Crippen LogP contribution in [0.2, 0.25) is 0 Å². The third kappa shape index (κ3) is 3.20. The number of carboxylic acid groups (broad SMARTS) is 1. The monoisotopic (exact) mass is 234 g/mol. The number of aromatic carboxylic acids is 1. The average molecular weight is 234 g/mol. The summed E-state index contributed by atoms with van der Waals surface area (Å²) in [6.45, 7) is 0. The largest absolute Gasteiger partial charge is 0.478 e. The lowest BCUT2D eigenvalue weighted by atomic mass is 9.91. The molecule has 4 heteroatoms. The summed E-state index contributed by atoms with van der Waals surface area (Å²) in [5.41, 5.74) is 7.15. The minimum Gasteiger partial charge on any atom is -0.478 e. The number of nitrogens with one attached hydrogen (secondary N) is 1. The predicted molar refractivity (Wildman–Crippen MR) is 67.3 cm³/mol. The Balaban J connectivity index is 1.92. The van der Waals surface area contributed by atoms with Crippen molar-refractivity contribution in [3.05, 3.63) is 29.8 Å². The van der Waals surface area contributed by atoms with Crippen molar-refractivity contribution in [1.82, 2.24) is 0 Å². The van der Waals surface area contributed by atoms with Crippen molar-refractivity contribution >= 4 is 11.7 Å². The zero-order valence-electron chi connectivity index (χ0n) is 9.73. The van der Waals surface area contributed by atoms with Crippen molar-refractivity contribution in [1.29, 1.82) is 0 Å². The van der Waals surface area contributed by atoms with Gasteiger partial charge in [0, 0.05) is 17.8 Å². The van der Waals surface area contributed by atoms with Crippen LogP contribution in [0.15, 0.2) is 24.3 Å². The molecule has 1 aromatic carbocycles. The van der Waals surface area contributed by atoms with Crippen LogP contribution in [0.25, 0.3) is 0 Å². The van der Waals surface area contributed by atoms with E-state index in [4.69, 9.17) is 10.8 Å². The topological polar surface area (TPSA) is 75.3 Å². The Kier molecular flexibility index (Phi) is 3.64. The molecule has 1 aliphatic carbocycles. The summed E-state index contributed by atoms with van der Waals surface area (Å²) in [4.78, 5) is 10.7. The summed E-state index contributed by atoms with van der Waals surface area (Å²) in [6, 6.07) is 7.70. The average Bonchev–Trinajstić information content (AvgIpc) is 2.33. The van der Waals surface area contributed by atoms with Crippen molar-refractivity contribution < 1.29 is 9.90 Å². The molecule has 1 saturated carbocycles. The Morgan fingerprint density at radius 1 is 1.18 bits per heavy atom. The molecule has 0 amide bonds. The summed E-state index contributed by atoms with van der Waals surface area (Å²) < 4.78 is 0. The molecular weight excluding hydrogens is 216 g/mol. The molecule has 1 fully saturated rings. The summed E-state index contributed by atoms with van der Waals surface area (Å²) in [5, 5.41) is 12.2. The number of carboxylic acids is 1. The summed E-state index contributed by atoms with van der Waals surface area (Å²) in [6.07, 6.45) is 4.29. The van der Waals surface area contributed by atoms with Gasteiger partial charge in [-0.15, -0.1) is 0 Å². The fourth-order valence-corrected chi connectivity index (χ4v) is 2.21. The van der Waals surface area contributed by atoms with Crippen molar-refractivity contribution in [3.63, 3.8) is 0 Å². The van der Waals surface area contributed by atoms with E-state index in [1.807, 2.05) is 12.1 Å². The third-order valence-corrected chi connectivity index (χ3v) is 3.27. The first-order valence-electron chi connectivity index (χ1n) is 6.00. The maximum atomic E-state index is 10.7. The van der Waals surface area contributed by atoms with E-state index in [9.17, 15) is 4.79 Å². The van der Waals surface area contributed by atoms with Gasteiger partial charge >= 0.3 is 5.97 Å². The van der Waals surface area contributed by atoms with Crippen LogP contribution in [0, 0.1) is 0 Å². The van der Waals surface area contributed by atoms with Crippen molar-refractivity contribution in [2.45, 2.75) is 37.8 Å². The highest BCUT2D eigenvalue weighted by Crippen LogP contribution is 2.21. The van der Waals surface area contributed by atoms with E-state index in [0.29, 0.717) is 17.6 Å². The van der Waals surface area contributed by atoms with Gasteiger partial charge in [-0.3, -0.25) is 0 Å². The van der Waals surface area contributed by atoms with Crippen molar-refractivity contribution in [2.24, 2.45) is 5.73 Å². The Bertz CT molecular complexity index is 381. The minimum absolute atomic E-state index is 0.321. The molecule has 0 unspecified atom stereocenters. The van der Waals surface area contributed by atoms with Gasteiger partial charge in [-0.1, -0.05) is 0 Å². The molecular formula is C13H18N2O2. The quantitative estimate of drug-likeness (QED) is 0.748. The number of rotatable bonds is 3. The first kappa shape index (κ1) is 11.9. The molecule has 0 saturated heterocycles. The Morgan fingerprint density at radius 3 is 2.29 bits per heavy atom. The second-order valence-electron chi connectivity index (χ2n) is 4.64. The number of hydrogen-bond donors (Lipinski definition) is 3. The molecule has 92 valence electrons. The van der Waals surface area contributed by atoms with Crippen molar-refractivity contribution in [3.8, 4) is 0 Å². The van der Waals surface area contributed by atoms with Crippen LogP contribution in [0.5, 0.6) is 0 Å². The normalized spacial score (nSPS) is 24.3. The molecule has 4 N–H and O–H groups in total. The fraction of sp³-hybridized carbons (Fsp3) is 0.462. The number of carbonyl (C=O) groups is 1. The van der Waals surface area contributed by atoms with Gasteiger partial charge < -0.3 is 16.2 Å². The van der Waals surface area contributed by atoms with Gasteiger partial charge in [0.05, 0.1) is 5.56 Å². The zero-order valence-corrected chi connectivity index (χ0v) is 9.73. The van der Waals surface area contributed by atoms with E-state index in [1.165, 1.54) is 0 Å². The van der Waals surface area contributed by atoms with Gasteiger partial charge in [-0.05, 0) is 49.9 Å². The maximum Gasteiger partial charge on any atom is 0.335 e. The fourth-order valence-electron chi connectivity index (χ4n) is 2.21. The first-order chi connectivity index (χ1) is 8.15. The number of benzene rings is 1. The van der Waals surface area contributed by atoms with Crippen LogP contribution in [-0.4, -0.2) is 23.2 Å². The molecule has 0 aromatic heterocycles. The second-order valence-corrected chi connectivity index (χ2v) is 4.64. The minimum atomic E-state index is -0.889. The number of nitrogens with two attached hydrogens (primary N) is 1. The molecule has 2 rings (SSSR count). The zero-order chi connectivity index (χ0) is 12.3. The van der Waals surface area contributed by atoms with Crippen LogP contribution in [0.3, 0.4) is 0 Å². The van der Waals surface area contributed by atoms with Gasteiger partial charge in [-0.25, -0.2) is 4.79 Å². The highest BCUT2D eigenvalue weighted by atomic mass is 16.4. The van der Waals surface area contributed by atoms with Crippen LogP contribution < -0.4 is 11.1 Å². The summed E-state index contributed by atoms with van der Waals surface area (Å²) >= 11 is 0. The van der Waals surface area contributed by atoms with Gasteiger partial charge in [0.2, 0.25) is 0 Å². The molecule has 1 aliphatic rings. The van der Waals surface area contributed by atoms with Crippen LogP contribution in [0.1, 0.15) is 36.0 Å². The SMILES string of the molecule is NC1CCC(Nc2ccc(C(=O)O)cc2)CC1. The smallest absolute Gasteiger partial charge is 0.335 e. The molecule has 0 radical (unpaired) electrons.